The molecule has 2 aliphatic rings. The van der Waals surface area contributed by atoms with Gasteiger partial charge in [-0.05, 0) is 32.1 Å². The molecule has 0 aromatic rings. The summed E-state index contributed by atoms with van der Waals surface area (Å²) >= 11 is 0. The molecule has 0 unspecified atom stereocenters. The van der Waals surface area contributed by atoms with Crippen LogP contribution in [0.5, 0.6) is 0 Å². The van der Waals surface area contributed by atoms with Gasteiger partial charge in [0.15, 0.2) is 12.4 Å². The Bertz CT molecular complexity index is 738. The van der Waals surface area contributed by atoms with E-state index in [0.29, 0.717) is 12.8 Å². The number of esters is 1. The Hall–Kier alpha value is -2.82. The van der Waals surface area contributed by atoms with Crippen LogP contribution in [0.15, 0.2) is 12.2 Å². The average Bonchev–Trinajstić information content (AvgIpc) is 2.89. The van der Waals surface area contributed by atoms with Crippen LogP contribution in [0.2, 0.25) is 0 Å². The molecular weight excluding hydrogens is 362 g/mol. The Morgan fingerprint density at radius 3 is 2.21 bits per heavy atom. The number of Topliss-reactive ketones (excluding diaryl/α,β-unsaturated/α-hetero) is 1. The topological polar surface area (TPSA) is 128 Å². The quantitative estimate of drug-likeness (QED) is 0.292. The maximum absolute atomic E-state index is 12.8. The van der Waals surface area contributed by atoms with Crippen LogP contribution in [0.1, 0.15) is 40.0 Å². The first-order valence-electron chi connectivity index (χ1n) is 9.34. The summed E-state index contributed by atoms with van der Waals surface area (Å²) in [6, 6.07) is 0.601. The summed E-state index contributed by atoms with van der Waals surface area (Å²) in [5.41, 5.74) is -0.135. The van der Waals surface area contributed by atoms with E-state index in [1.807, 2.05) is 26.0 Å². The monoisotopic (exact) mass is 387 g/mol. The van der Waals surface area contributed by atoms with E-state index in [1.54, 1.807) is 6.07 Å². The minimum atomic E-state index is -1.28. The molecule has 1 heterocycles. The number of imide groups is 1. The third kappa shape index (κ3) is 4.35. The smallest absolute Gasteiger partial charge is 0.329 e. The van der Waals surface area contributed by atoms with E-state index < -0.39 is 42.2 Å². The SMILES string of the molecule is CC(=N)[C@@H](C#N)C(=O)COC(=O)[C@H](CC(C)C)N1C(=O)[C@H]2CC=CC[C@H]2C1=O. The van der Waals surface area contributed by atoms with Gasteiger partial charge in [0, 0.05) is 5.71 Å². The summed E-state index contributed by atoms with van der Waals surface area (Å²) < 4.78 is 5.06. The number of likely N-dealkylation sites (tertiary alicyclic amines) is 1. The number of amides is 2. The van der Waals surface area contributed by atoms with Crippen molar-refractivity contribution in [2.75, 3.05) is 6.61 Å². The fourth-order valence-corrected chi connectivity index (χ4v) is 3.62. The molecule has 150 valence electrons. The molecule has 4 atom stereocenters. The van der Waals surface area contributed by atoms with Crippen LogP contribution in [-0.2, 0) is 23.9 Å². The number of fused-ring (bicyclic) bond motifs is 1. The first-order chi connectivity index (χ1) is 13.2. The van der Waals surface area contributed by atoms with Crippen molar-refractivity contribution in [3.05, 3.63) is 12.2 Å². The van der Waals surface area contributed by atoms with Gasteiger partial charge in [0.2, 0.25) is 11.8 Å². The molecular formula is C20H25N3O5. The van der Waals surface area contributed by atoms with Crippen molar-refractivity contribution in [2.45, 2.75) is 46.1 Å². The van der Waals surface area contributed by atoms with Crippen LogP contribution in [0, 0.1) is 40.4 Å². The number of ketones is 1. The Morgan fingerprint density at radius 1 is 1.25 bits per heavy atom. The van der Waals surface area contributed by atoms with Crippen molar-refractivity contribution < 1.29 is 23.9 Å². The van der Waals surface area contributed by atoms with Gasteiger partial charge in [0.25, 0.3) is 0 Å². The van der Waals surface area contributed by atoms with Crippen molar-refractivity contribution in [1.82, 2.24) is 4.90 Å². The molecule has 0 saturated carbocycles. The molecule has 0 radical (unpaired) electrons. The van der Waals surface area contributed by atoms with E-state index in [9.17, 15) is 19.2 Å². The Morgan fingerprint density at radius 2 is 1.79 bits per heavy atom. The summed E-state index contributed by atoms with van der Waals surface area (Å²) in [4.78, 5) is 51.3. The molecule has 28 heavy (non-hydrogen) atoms. The molecule has 1 fully saturated rings. The van der Waals surface area contributed by atoms with Crippen LogP contribution in [0.3, 0.4) is 0 Å². The lowest BCUT2D eigenvalue weighted by atomic mass is 9.85. The highest BCUT2D eigenvalue weighted by atomic mass is 16.5. The first-order valence-corrected chi connectivity index (χ1v) is 9.34. The van der Waals surface area contributed by atoms with E-state index in [0.717, 1.165) is 4.90 Å². The van der Waals surface area contributed by atoms with Gasteiger partial charge < -0.3 is 10.1 Å². The fraction of sp³-hybridized carbons (Fsp3) is 0.600. The third-order valence-corrected chi connectivity index (χ3v) is 5.06. The predicted octanol–water partition coefficient (Wildman–Crippen LogP) is 1.64. The Balaban J connectivity index is 2.15. The first kappa shape index (κ1) is 21.5. The van der Waals surface area contributed by atoms with Crippen molar-refractivity contribution >= 4 is 29.3 Å². The molecule has 0 aromatic heterocycles. The zero-order valence-corrected chi connectivity index (χ0v) is 16.3. The summed E-state index contributed by atoms with van der Waals surface area (Å²) in [7, 11) is 0. The molecule has 8 heteroatoms. The lowest BCUT2D eigenvalue weighted by Gasteiger charge is -2.26. The van der Waals surface area contributed by atoms with E-state index in [-0.39, 0.29) is 29.9 Å². The van der Waals surface area contributed by atoms with Gasteiger partial charge in [-0.3, -0.25) is 19.3 Å². The highest BCUT2D eigenvalue weighted by Crippen LogP contribution is 2.37. The number of nitriles is 1. The molecule has 0 spiro atoms. The molecule has 0 aromatic carbocycles. The summed E-state index contributed by atoms with van der Waals surface area (Å²) in [5.74, 6) is -4.48. The fourth-order valence-electron chi connectivity index (χ4n) is 3.62. The summed E-state index contributed by atoms with van der Waals surface area (Å²) in [6.07, 6.45) is 4.90. The van der Waals surface area contributed by atoms with Gasteiger partial charge in [0.05, 0.1) is 17.9 Å². The number of carbonyl (C=O) groups is 4. The predicted molar refractivity (Wildman–Crippen MR) is 98.9 cm³/mol. The lowest BCUT2D eigenvalue weighted by molar-refractivity contribution is -0.161. The van der Waals surface area contributed by atoms with Crippen LogP contribution in [-0.4, -0.2) is 46.8 Å². The molecule has 1 N–H and O–H groups in total. The second-order valence-electron chi connectivity index (χ2n) is 7.67. The molecule has 1 aliphatic heterocycles. The highest BCUT2D eigenvalue weighted by Gasteiger charge is 2.51. The second-order valence-corrected chi connectivity index (χ2v) is 7.67. The van der Waals surface area contributed by atoms with Gasteiger partial charge in [-0.15, -0.1) is 0 Å². The minimum Gasteiger partial charge on any atom is -0.456 e. The van der Waals surface area contributed by atoms with Gasteiger partial charge in [-0.2, -0.15) is 5.26 Å². The maximum Gasteiger partial charge on any atom is 0.329 e. The molecule has 1 aliphatic carbocycles. The van der Waals surface area contributed by atoms with Gasteiger partial charge in [-0.1, -0.05) is 26.0 Å². The van der Waals surface area contributed by atoms with Crippen LogP contribution in [0.25, 0.3) is 0 Å². The molecule has 2 rings (SSSR count). The number of nitrogens with one attached hydrogen (secondary N) is 1. The van der Waals surface area contributed by atoms with Crippen LogP contribution in [0.4, 0.5) is 0 Å². The van der Waals surface area contributed by atoms with E-state index in [1.165, 1.54) is 6.92 Å². The third-order valence-electron chi connectivity index (χ3n) is 5.06. The van der Waals surface area contributed by atoms with Gasteiger partial charge in [-0.25, -0.2) is 4.79 Å². The van der Waals surface area contributed by atoms with E-state index in [4.69, 9.17) is 15.4 Å². The zero-order chi connectivity index (χ0) is 21.0. The maximum atomic E-state index is 12.8. The average molecular weight is 387 g/mol. The standard InChI is InChI=1S/C20H25N3O5/c1-11(2)8-16(20(27)28-10-17(24)15(9-21)12(3)22)23-18(25)13-6-4-5-7-14(13)19(23)26/h4-5,11,13-16,22H,6-8,10H2,1-3H3/t13-,14+,15-,16+/m1/s1. The highest BCUT2D eigenvalue weighted by molar-refractivity contribution is 6.09. The van der Waals surface area contributed by atoms with Crippen LogP contribution < -0.4 is 0 Å². The largest absolute Gasteiger partial charge is 0.456 e. The van der Waals surface area contributed by atoms with Crippen molar-refractivity contribution in [2.24, 2.45) is 23.7 Å². The number of rotatable bonds is 8. The Labute approximate surface area is 164 Å². The lowest BCUT2D eigenvalue weighted by Crippen LogP contribution is -2.47. The molecule has 1 saturated heterocycles. The summed E-state index contributed by atoms with van der Waals surface area (Å²) in [5, 5.41) is 16.4. The normalized spacial score (nSPS) is 23.2. The number of carbonyl (C=O) groups excluding carboxylic acids is 4. The van der Waals surface area contributed by atoms with E-state index in [2.05, 4.69) is 0 Å². The molecule has 0 bridgehead atoms. The summed E-state index contributed by atoms with van der Waals surface area (Å²) in [6.45, 7) is 4.36. The van der Waals surface area contributed by atoms with E-state index >= 15 is 0 Å². The number of ether oxygens (including phenoxy) is 1. The second kappa shape index (κ2) is 8.91. The van der Waals surface area contributed by atoms with Crippen LogP contribution >= 0.6 is 0 Å². The number of hydrogen-bond acceptors (Lipinski definition) is 7. The minimum absolute atomic E-state index is 0.00489. The number of allylic oxidation sites excluding steroid dienone is 2. The number of nitrogens with zero attached hydrogens (tertiary/aromatic N) is 2. The van der Waals surface area contributed by atoms with Crippen molar-refractivity contribution in [3.63, 3.8) is 0 Å². The Kier molecular flexibility index (Phi) is 6.84. The molecule has 8 nitrogen and oxygen atoms in total. The van der Waals surface area contributed by atoms with Crippen molar-refractivity contribution in [3.8, 4) is 6.07 Å². The molecule has 2 amide bonds. The van der Waals surface area contributed by atoms with Gasteiger partial charge in [0.1, 0.15) is 12.0 Å². The van der Waals surface area contributed by atoms with Crippen molar-refractivity contribution in [1.29, 1.82) is 10.7 Å². The number of hydrogen-bond donors (Lipinski definition) is 1. The van der Waals surface area contributed by atoms with Gasteiger partial charge >= 0.3 is 5.97 Å². The zero-order valence-electron chi connectivity index (χ0n) is 16.3.